The van der Waals surface area contributed by atoms with E-state index in [1.807, 2.05) is 6.07 Å². The maximum absolute atomic E-state index is 13.4. The van der Waals surface area contributed by atoms with Crippen LogP contribution in [-0.4, -0.2) is 6.04 Å². The molecule has 0 heterocycles. The van der Waals surface area contributed by atoms with Gasteiger partial charge in [0.2, 0.25) is 0 Å². The van der Waals surface area contributed by atoms with Crippen molar-refractivity contribution in [3.63, 3.8) is 0 Å². The summed E-state index contributed by atoms with van der Waals surface area (Å²) in [6, 6.07) is 5.62. The van der Waals surface area contributed by atoms with Gasteiger partial charge in [-0.05, 0) is 52.9 Å². The van der Waals surface area contributed by atoms with E-state index in [1.54, 1.807) is 12.1 Å². The molecule has 0 fully saturated rings. The van der Waals surface area contributed by atoms with Gasteiger partial charge in [-0.3, -0.25) is 0 Å². The number of benzene rings is 1. The second kappa shape index (κ2) is 7.00. The number of rotatable bonds is 6. The molecular formula is C14H21BrFN. The lowest BCUT2D eigenvalue weighted by Gasteiger charge is -2.21. The highest BCUT2D eigenvalue weighted by Gasteiger charge is 2.11. The molecule has 1 N–H and O–H groups in total. The van der Waals surface area contributed by atoms with Crippen molar-refractivity contribution in [3.05, 3.63) is 28.5 Å². The summed E-state index contributed by atoms with van der Waals surface area (Å²) in [4.78, 5) is 0. The van der Waals surface area contributed by atoms with Gasteiger partial charge in [0, 0.05) is 11.7 Å². The Morgan fingerprint density at radius 2 is 2.00 bits per heavy atom. The van der Waals surface area contributed by atoms with Crippen molar-refractivity contribution in [1.29, 1.82) is 0 Å². The first-order chi connectivity index (χ1) is 8.06. The van der Waals surface area contributed by atoms with Crippen LogP contribution in [0.25, 0.3) is 0 Å². The molecule has 1 nitrogen and oxygen atoms in total. The molecule has 0 radical (unpaired) electrons. The molecule has 0 bridgehead atoms. The molecule has 1 aromatic carbocycles. The summed E-state index contributed by atoms with van der Waals surface area (Å²) in [5.41, 5.74) is 0.862. The molecule has 0 aromatic heterocycles. The highest BCUT2D eigenvalue weighted by Crippen LogP contribution is 2.22. The fourth-order valence-corrected chi connectivity index (χ4v) is 2.05. The molecule has 0 saturated heterocycles. The Morgan fingerprint density at radius 3 is 2.53 bits per heavy atom. The van der Waals surface area contributed by atoms with Crippen molar-refractivity contribution >= 4 is 21.6 Å². The molecule has 17 heavy (non-hydrogen) atoms. The minimum atomic E-state index is -0.214. The van der Waals surface area contributed by atoms with Crippen LogP contribution in [0.1, 0.15) is 40.0 Å². The molecule has 2 atom stereocenters. The normalized spacial score (nSPS) is 14.4. The van der Waals surface area contributed by atoms with Crippen molar-refractivity contribution in [3.8, 4) is 0 Å². The summed E-state index contributed by atoms with van der Waals surface area (Å²) in [7, 11) is 0. The zero-order chi connectivity index (χ0) is 12.8. The molecule has 1 aromatic rings. The van der Waals surface area contributed by atoms with Crippen molar-refractivity contribution in [2.24, 2.45) is 5.92 Å². The summed E-state index contributed by atoms with van der Waals surface area (Å²) in [5.74, 6) is 0.487. The molecular weight excluding hydrogens is 281 g/mol. The van der Waals surface area contributed by atoms with Crippen molar-refractivity contribution in [1.82, 2.24) is 0 Å². The van der Waals surface area contributed by atoms with Crippen molar-refractivity contribution < 1.29 is 4.39 Å². The van der Waals surface area contributed by atoms with Gasteiger partial charge in [-0.25, -0.2) is 4.39 Å². The third kappa shape index (κ3) is 4.66. The lowest BCUT2D eigenvalue weighted by Crippen LogP contribution is -2.21. The van der Waals surface area contributed by atoms with Gasteiger partial charge < -0.3 is 5.32 Å². The van der Waals surface area contributed by atoms with Crippen LogP contribution in [0.2, 0.25) is 0 Å². The largest absolute Gasteiger partial charge is 0.382 e. The second-order valence-corrected chi connectivity index (χ2v) is 5.48. The SMILES string of the molecule is CCC(C)CC(CC)Nc1ccc(Br)c(F)c1. The fourth-order valence-electron chi connectivity index (χ4n) is 1.80. The third-order valence-corrected chi connectivity index (χ3v) is 3.81. The summed E-state index contributed by atoms with van der Waals surface area (Å²) in [5, 5.41) is 3.40. The monoisotopic (exact) mass is 301 g/mol. The third-order valence-electron chi connectivity index (χ3n) is 3.17. The molecule has 0 spiro atoms. The Balaban J connectivity index is 2.63. The Bertz CT molecular complexity index is 354. The Morgan fingerprint density at radius 1 is 1.29 bits per heavy atom. The van der Waals surface area contributed by atoms with Crippen LogP contribution < -0.4 is 5.32 Å². The number of halogens is 2. The van der Waals surface area contributed by atoms with Gasteiger partial charge in [0.1, 0.15) is 5.82 Å². The van der Waals surface area contributed by atoms with Gasteiger partial charge in [0.25, 0.3) is 0 Å². The number of hydrogen-bond acceptors (Lipinski definition) is 1. The minimum absolute atomic E-state index is 0.214. The molecule has 0 aliphatic carbocycles. The summed E-state index contributed by atoms with van der Waals surface area (Å²) in [6.45, 7) is 6.62. The van der Waals surface area contributed by atoms with E-state index in [4.69, 9.17) is 0 Å². The van der Waals surface area contributed by atoms with Crippen LogP contribution in [0.15, 0.2) is 22.7 Å². The standard InChI is InChI=1S/C14H21BrFN/c1-4-10(3)8-11(5-2)17-12-6-7-13(15)14(16)9-12/h6-7,9-11,17H,4-5,8H2,1-3H3. The van der Waals surface area contributed by atoms with Gasteiger partial charge in [-0.2, -0.15) is 0 Å². The van der Waals surface area contributed by atoms with Crippen LogP contribution in [0.3, 0.4) is 0 Å². The van der Waals surface area contributed by atoms with E-state index in [0.29, 0.717) is 16.4 Å². The highest BCUT2D eigenvalue weighted by atomic mass is 79.9. The van der Waals surface area contributed by atoms with E-state index in [0.717, 1.165) is 18.5 Å². The molecule has 0 aliphatic heterocycles. The molecule has 0 amide bonds. The summed E-state index contributed by atoms with van der Waals surface area (Å²) < 4.78 is 13.9. The zero-order valence-electron chi connectivity index (χ0n) is 10.8. The lowest BCUT2D eigenvalue weighted by molar-refractivity contribution is 0.461. The van der Waals surface area contributed by atoms with Gasteiger partial charge in [0.05, 0.1) is 4.47 Å². The van der Waals surface area contributed by atoms with Crippen molar-refractivity contribution in [2.75, 3.05) is 5.32 Å². The number of hydrogen-bond donors (Lipinski definition) is 1. The Hall–Kier alpha value is -0.570. The van der Waals surface area contributed by atoms with E-state index in [1.165, 1.54) is 6.42 Å². The van der Waals surface area contributed by atoms with Crippen LogP contribution in [0.5, 0.6) is 0 Å². The topological polar surface area (TPSA) is 12.0 Å². The average molecular weight is 302 g/mol. The van der Waals surface area contributed by atoms with Crippen LogP contribution in [0, 0.1) is 11.7 Å². The molecule has 1 rings (SSSR count). The number of nitrogens with one attached hydrogen (secondary N) is 1. The average Bonchev–Trinajstić information content (AvgIpc) is 2.32. The van der Waals surface area contributed by atoms with E-state index in [-0.39, 0.29) is 5.82 Å². The van der Waals surface area contributed by atoms with Gasteiger partial charge in [-0.1, -0.05) is 27.2 Å². The summed E-state index contributed by atoms with van der Waals surface area (Å²) >= 11 is 3.16. The number of anilines is 1. The van der Waals surface area contributed by atoms with Gasteiger partial charge >= 0.3 is 0 Å². The van der Waals surface area contributed by atoms with Gasteiger partial charge in [0.15, 0.2) is 0 Å². The first-order valence-electron chi connectivity index (χ1n) is 6.28. The zero-order valence-corrected chi connectivity index (χ0v) is 12.3. The Kier molecular flexibility index (Phi) is 5.96. The smallest absolute Gasteiger partial charge is 0.139 e. The van der Waals surface area contributed by atoms with E-state index < -0.39 is 0 Å². The predicted molar refractivity (Wildman–Crippen MR) is 75.9 cm³/mol. The molecule has 0 saturated carbocycles. The predicted octanol–water partition coefficient (Wildman–Crippen LogP) is 5.21. The quantitative estimate of drug-likeness (QED) is 0.760. The van der Waals surface area contributed by atoms with Crippen LogP contribution in [0.4, 0.5) is 10.1 Å². The van der Waals surface area contributed by atoms with E-state index >= 15 is 0 Å². The first kappa shape index (κ1) is 14.5. The summed E-state index contributed by atoms with van der Waals surface area (Å²) in [6.07, 6.45) is 3.37. The minimum Gasteiger partial charge on any atom is -0.382 e. The van der Waals surface area contributed by atoms with Crippen LogP contribution in [-0.2, 0) is 0 Å². The second-order valence-electron chi connectivity index (χ2n) is 4.63. The Labute approximate surface area is 112 Å². The fraction of sp³-hybridized carbons (Fsp3) is 0.571. The van der Waals surface area contributed by atoms with E-state index in [2.05, 4.69) is 42.0 Å². The highest BCUT2D eigenvalue weighted by molar-refractivity contribution is 9.10. The van der Waals surface area contributed by atoms with E-state index in [9.17, 15) is 4.39 Å². The first-order valence-corrected chi connectivity index (χ1v) is 7.07. The molecule has 2 unspecified atom stereocenters. The maximum atomic E-state index is 13.4. The van der Waals surface area contributed by atoms with Gasteiger partial charge in [-0.15, -0.1) is 0 Å². The van der Waals surface area contributed by atoms with Crippen molar-refractivity contribution in [2.45, 2.75) is 46.1 Å². The maximum Gasteiger partial charge on any atom is 0.139 e. The van der Waals surface area contributed by atoms with Crippen LogP contribution >= 0.6 is 15.9 Å². The molecule has 96 valence electrons. The molecule has 0 aliphatic rings. The molecule has 3 heteroatoms. The lowest BCUT2D eigenvalue weighted by atomic mass is 9.97.